The van der Waals surface area contributed by atoms with Crippen LogP contribution >= 0.6 is 0 Å². The highest BCUT2D eigenvalue weighted by Crippen LogP contribution is 2.12. The van der Waals surface area contributed by atoms with Crippen molar-refractivity contribution in [1.29, 1.82) is 5.26 Å². The van der Waals surface area contributed by atoms with Crippen LogP contribution in [0, 0.1) is 11.3 Å². The molecule has 2 aromatic rings. The number of aromatic amines is 1. The molecule has 0 aliphatic heterocycles. The summed E-state index contributed by atoms with van der Waals surface area (Å²) in [5.41, 5.74) is 5.06. The number of nitriles is 1. The topological polar surface area (TPSA) is 52.5 Å². The van der Waals surface area contributed by atoms with Crippen LogP contribution in [0.5, 0.6) is 0 Å². The summed E-state index contributed by atoms with van der Waals surface area (Å²) in [6.07, 6.45) is 9.90. The first kappa shape index (κ1) is 15.1. The second-order valence-electron chi connectivity index (χ2n) is 5.62. The molecule has 0 radical (unpaired) electrons. The summed E-state index contributed by atoms with van der Waals surface area (Å²) in [6.45, 7) is 4.14. The maximum Gasteiger partial charge on any atom is 0.0991 e. The number of allylic oxidation sites excluding steroid dienone is 2. The molecule has 0 amide bonds. The molecular formula is C20H19N3. The number of aryl methyl sites for hydroxylation is 1. The van der Waals surface area contributed by atoms with Crippen LogP contribution < -0.4 is 10.6 Å². The highest BCUT2D eigenvalue weighted by molar-refractivity contribution is 5.75. The zero-order valence-electron chi connectivity index (χ0n) is 13.4. The van der Waals surface area contributed by atoms with Crippen LogP contribution in [0.2, 0.25) is 0 Å². The van der Waals surface area contributed by atoms with Crippen molar-refractivity contribution in [3.8, 4) is 6.07 Å². The number of benzene rings is 1. The van der Waals surface area contributed by atoms with E-state index < -0.39 is 0 Å². The van der Waals surface area contributed by atoms with E-state index in [2.05, 4.69) is 59.6 Å². The Morgan fingerprint density at radius 1 is 1.30 bits per heavy atom. The van der Waals surface area contributed by atoms with Crippen molar-refractivity contribution < 1.29 is 0 Å². The Kier molecular flexibility index (Phi) is 4.25. The van der Waals surface area contributed by atoms with Gasteiger partial charge in [0.25, 0.3) is 0 Å². The van der Waals surface area contributed by atoms with E-state index in [1.54, 1.807) is 0 Å². The van der Waals surface area contributed by atoms with Crippen molar-refractivity contribution in [3.05, 3.63) is 63.3 Å². The fourth-order valence-corrected chi connectivity index (χ4v) is 2.84. The van der Waals surface area contributed by atoms with Crippen LogP contribution in [0.15, 0.2) is 35.9 Å². The standard InChI is InChI=1S/C20H19N3/c1-3-15-6-4-7-16(12-15)10-11-19-20-14(2)17(13-21)8-5-9-18(20)22-23-19/h4,6-12,22H,3,5H2,1-2H3/b11-10+. The smallest absolute Gasteiger partial charge is 0.0991 e. The average Bonchev–Trinajstić information content (AvgIpc) is 2.92. The van der Waals surface area contributed by atoms with Crippen LogP contribution in [0.3, 0.4) is 0 Å². The molecule has 0 atom stereocenters. The van der Waals surface area contributed by atoms with Crippen molar-refractivity contribution in [2.45, 2.75) is 26.7 Å². The number of fused-ring (bicyclic) bond motifs is 1. The first-order valence-corrected chi connectivity index (χ1v) is 7.86. The van der Waals surface area contributed by atoms with Crippen LogP contribution in [0.25, 0.3) is 23.8 Å². The Morgan fingerprint density at radius 2 is 2.17 bits per heavy atom. The normalized spacial score (nSPS) is 14.0. The fourth-order valence-electron chi connectivity index (χ4n) is 2.84. The average molecular weight is 301 g/mol. The molecule has 0 unspecified atom stereocenters. The van der Waals surface area contributed by atoms with Gasteiger partial charge in [0.05, 0.1) is 22.7 Å². The fraction of sp³-hybridized carbons (Fsp3) is 0.200. The number of nitrogens with zero attached hydrogens (tertiary/aromatic N) is 2. The molecule has 1 aromatic carbocycles. The molecule has 0 saturated carbocycles. The summed E-state index contributed by atoms with van der Waals surface area (Å²) in [5.74, 6) is 0. The summed E-state index contributed by atoms with van der Waals surface area (Å²) in [6, 6.07) is 10.8. The predicted octanol–water partition coefficient (Wildman–Crippen LogP) is 2.95. The van der Waals surface area contributed by atoms with E-state index in [1.165, 1.54) is 5.56 Å². The maximum absolute atomic E-state index is 9.30. The lowest BCUT2D eigenvalue weighted by atomic mass is 10.1. The van der Waals surface area contributed by atoms with Crippen molar-refractivity contribution in [2.24, 2.45) is 0 Å². The SMILES string of the molecule is CCc1cccc(/C=C/c2n[nH]c3c2=C(C)C(C#N)=CCC=3)c1. The first-order chi connectivity index (χ1) is 11.2. The summed E-state index contributed by atoms with van der Waals surface area (Å²) >= 11 is 0. The third-order valence-electron chi connectivity index (χ3n) is 4.16. The minimum absolute atomic E-state index is 0.726. The lowest BCUT2D eigenvalue weighted by Crippen LogP contribution is -2.25. The van der Waals surface area contributed by atoms with E-state index in [-0.39, 0.29) is 0 Å². The van der Waals surface area contributed by atoms with E-state index in [0.29, 0.717) is 0 Å². The molecule has 0 saturated heterocycles. The van der Waals surface area contributed by atoms with Gasteiger partial charge in [0.2, 0.25) is 0 Å². The Morgan fingerprint density at radius 3 is 2.96 bits per heavy atom. The molecule has 1 aliphatic carbocycles. The van der Waals surface area contributed by atoms with Crippen molar-refractivity contribution in [2.75, 3.05) is 0 Å². The molecular weight excluding hydrogens is 282 g/mol. The first-order valence-electron chi connectivity index (χ1n) is 7.86. The molecule has 0 spiro atoms. The third-order valence-corrected chi connectivity index (χ3v) is 4.16. The number of nitrogens with one attached hydrogen (secondary N) is 1. The lowest BCUT2D eigenvalue weighted by molar-refractivity contribution is 1.05. The molecule has 1 aromatic heterocycles. The van der Waals surface area contributed by atoms with Crippen molar-refractivity contribution in [1.82, 2.24) is 10.2 Å². The number of hydrogen-bond donors (Lipinski definition) is 1. The van der Waals surface area contributed by atoms with E-state index in [1.807, 2.05) is 19.1 Å². The molecule has 3 rings (SSSR count). The number of aromatic nitrogens is 2. The second kappa shape index (κ2) is 6.50. The van der Waals surface area contributed by atoms with E-state index in [9.17, 15) is 5.26 Å². The van der Waals surface area contributed by atoms with Crippen LogP contribution in [-0.2, 0) is 6.42 Å². The van der Waals surface area contributed by atoms with Crippen molar-refractivity contribution in [3.63, 3.8) is 0 Å². The van der Waals surface area contributed by atoms with E-state index in [0.717, 1.165) is 45.8 Å². The summed E-state index contributed by atoms with van der Waals surface area (Å²) < 4.78 is 0. The molecule has 0 fully saturated rings. The van der Waals surface area contributed by atoms with Gasteiger partial charge in [-0.15, -0.1) is 0 Å². The summed E-state index contributed by atoms with van der Waals surface area (Å²) in [5, 5.41) is 18.8. The molecule has 3 heteroatoms. The molecule has 114 valence electrons. The largest absolute Gasteiger partial charge is 0.278 e. The van der Waals surface area contributed by atoms with Crippen LogP contribution in [0.4, 0.5) is 0 Å². The Bertz CT molecular complexity index is 950. The Labute approximate surface area is 136 Å². The van der Waals surface area contributed by atoms with Gasteiger partial charge in [-0.1, -0.05) is 49.4 Å². The van der Waals surface area contributed by atoms with Crippen molar-refractivity contribution >= 4 is 23.8 Å². The van der Waals surface area contributed by atoms with Gasteiger partial charge in [0.1, 0.15) is 0 Å². The quantitative estimate of drug-likeness (QED) is 0.947. The number of hydrogen-bond acceptors (Lipinski definition) is 2. The minimum atomic E-state index is 0.726. The van der Waals surface area contributed by atoms with E-state index in [4.69, 9.17) is 0 Å². The molecule has 1 N–H and O–H groups in total. The monoisotopic (exact) mass is 301 g/mol. The van der Waals surface area contributed by atoms with Gasteiger partial charge in [-0.05, 0) is 42.5 Å². The molecule has 0 bridgehead atoms. The summed E-state index contributed by atoms with van der Waals surface area (Å²) in [7, 11) is 0. The maximum atomic E-state index is 9.30. The zero-order valence-corrected chi connectivity index (χ0v) is 13.4. The van der Waals surface area contributed by atoms with Gasteiger partial charge in [-0.3, -0.25) is 5.10 Å². The molecule has 1 heterocycles. The highest BCUT2D eigenvalue weighted by atomic mass is 15.1. The van der Waals surface area contributed by atoms with E-state index >= 15 is 0 Å². The molecule has 23 heavy (non-hydrogen) atoms. The van der Waals surface area contributed by atoms with Gasteiger partial charge < -0.3 is 0 Å². The third kappa shape index (κ3) is 3.02. The molecule has 3 nitrogen and oxygen atoms in total. The van der Waals surface area contributed by atoms with Gasteiger partial charge >= 0.3 is 0 Å². The van der Waals surface area contributed by atoms with Gasteiger partial charge in [-0.2, -0.15) is 10.4 Å². The van der Waals surface area contributed by atoms with Gasteiger partial charge in [-0.25, -0.2) is 0 Å². The second-order valence-corrected chi connectivity index (χ2v) is 5.62. The Balaban J connectivity index is 2.07. The predicted molar refractivity (Wildman–Crippen MR) is 94.4 cm³/mol. The summed E-state index contributed by atoms with van der Waals surface area (Å²) in [4.78, 5) is 0. The number of H-pyrrole nitrogens is 1. The van der Waals surface area contributed by atoms with Gasteiger partial charge in [0, 0.05) is 5.22 Å². The Hall–Kier alpha value is -2.86. The minimum Gasteiger partial charge on any atom is -0.278 e. The van der Waals surface area contributed by atoms with Crippen LogP contribution in [-0.4, -0.2) is 10.2 Å². The lowest BCUT2D eigenvalue weighted by Gasteiger charge is -1.98. The highest BCUT2D eigenvalue weighted by Gasteiger charge is 2.08. The van der Waals surface area contributed by atoms with Gasteiger partial charge in [0.15, 0.2) is 0 Å². The molecule has 1 aliphatic rings. The number of rotatable bonds is 3. The zero-order chi connectivity index (χ0) is 16.2. The van der Waals surface area contributed by atoms with Crippen LogP contribution in [0.1, 0.15) is 37.1 Å².